The van der Waals surface area contributed by atoms with E-state index in [9.17, 15) is 18.0 Å². The van der Waals surface area contributed by atoms with Crippen LogP contribution in [0.25, 0.3) is 0 Å². The summed E-state index contributed by atoms with van der Waals surface area (Å²) in [7, 11) is -2.34. The third-order valence-electron chi connectivity index (χ3n) is 5.68. The Morgan fingerprint density at radius 2 is 1.82 bits per heavy atom. The number of hydrogen-bond donors (Lipinski definition) is 1. The van der Waals surface area contributed by atoms with Gasteiger partial charge in [-0.2, -0.15) is 0 Å². The highest BCUT2D eigenvalue weighted by Gasteiger charge is 2.34. The molecule has 33 heavy (non-hydrogen) atoms. The number of benzene rings is 2. The smallest absolute Gasteiger partial charge is 0.290 e. The number of furan rings is 1. The molecule has 1 saturated heterocycles. The molecule has 1 N–H and O–H groups in total. The fraction of sp³-hybridized carbons (Fsp3) is 0.250. The van der Waals surface area contributed by atoms with Crippen LogP contribution in [0.5, 0.6) is 0 Å². The van der Waals surface area contributed by atoms with Gasteiger partial charge in [0, 0.05) is 19.3 Å². The average Bonchev–Trinajstić information content (AvgIpc) is 3.39. The Labute approximate surface area is 192 Å². The molecule has 0 bridgehead atoms. The Hall–Kier alpha value is -3.59. The van der Waals surface area contributed by atoms with Gasteiger partial charge in [0.1, 0.15) is 6.04 Å². The molecule has 1 aliphatic heterocycles. The zero-order valence-corrected chi connectivity index (χ0v) is 19.0. The maximum absolute atomic E-state index is 13.1. The number of anilines is 2. The second-order valence-corrected chi connectivity index (χ2v) is 9.78. The number of carbonyl (C=O) groups excluding carboxylic acids is 2. The van der Waals surface area contributed by atoms with Crippen LogP contribution in [0, 0.1) is 0 Å². The fourth-order valence-corrected chi connectivity index (χ4v) is 5.13. The molecule has 2 heterocycles. The van der Waals surface area contributed by atoms with Gasteiger partial charge in [-0.3, -0.25) is 13.9 Å². The number of para-hydroxylation sites is 1. The van der Waals surface area contributed by atoms with Gasteiger partial charge in [0.25, 0.3) is 15.9 Å². The lowest BCUT2D eigenvalue weighted by atomic mass is 10.0. The summed E-state index contributed by atoms with van der Waals surface area (Å²) in [5.74, 6) is -0.507. The molecule has 2 amide bonds. The molecular formula is C24H25N3O5S. The Bertz CT molecular complexity index is 1230. The SMILES string of the molecule is CN(c1ccccc1)S(=O)(=O)c1cccc(NC(=O)C2CCCCN2C(=O)c2ccco2)c1. The first-order valence-electron chi connectivity index (χ1n) is 10.7. The number of sulfonamides is 1. The van der Waals surface area contributed by atoms with Crippen LogP contribution in [0.1, 0.15) is 29.8 Å². The molecular weight excluding hydrogens is 442 g/mol. The van der Waals surface area contributed by atoms with Crippen molar-refractivity contribution in [3.05, 3.63) is 78.8 Å². The maximum atomic E-state index is 13.1. The van der Waals surface area contributed by atoms with E-state index in [1.54, 1.807) is 48.5 Å². The largest absolute Gasteiger partial charge is 0.459 e. The van der Waals surface area contributed by atoms with E-state index in [1.165, 1.54) is 34.6 Å². The number of nitrogens with zero attached hydrogens (tertiary/aromatic N) is 2. The van der Waals surface area contributed by atoms with Crippen molar-refractivity contribution in [2.75, 3.05) is 23.2 Å². The van der Waals surface area contributed by atoms with Gasteiger partial charge in [-0.15, -0.1) is 0 Å². The highest BCUT2D eigenvalue weighted by molar-refractivity contribution is 7.92. The highest BCUT2D eigenvalue weighted by atomic mass is 32.2. The van der Waals surface area contributed by atoms with E-state index in [0.29, 0.717) is 24.3 Å². The number of carbonyl (C=O) groups is 2. The Morgan fingerprint density at radius 3 is 2.55 bits per heavy atom. The minimum atomic E-state index is -3.82. The highest BCUT2D eigenvalue weighted by Crippen LogP contribution is 2.25. The normalized spacial score (nSPS) is 16.3. The third kappa shape index (κ3) is 4.78. The van der Waals surface area contributed by atoms with Gasteiger partial charge in [-0.25, -0.2) is 8.42 Å². The van der Waals surface area contributed by atoms with Gasteiger partial charge in [0.05, 0.1) is 16.8 Å². The quantitative estimate of drug-likeness (QED) is 0.595. The van der Waals surface area contributed by atoms with Crippen molar-refractivity contribution in [3.8, 4) is 0 Å². The third-order valence-corrected chi connectivity index (χ3v) is 7.46. The summed E-state index contributed by atoms with van der Waals surface area (Å²) in [6, 6.07) is 17.4. The molecule has 1 unspecified atom stereocenters. The average molecular weight is 468 g/mol. The molecule has 4 rings (SSSR count). The molecule has 0 radical (unpaired) electrons. The summed E-state index contributed by atoms with van der Waals surface area (Å²) in [5, 5.41) is 2.79. The van der Waals surface area contributed by atoms with Gasteiger partial charge < -0.3 is 14.6 Å². The fourth-order valence-electron chi connectivity index (χ4n) is 3.88. The van der Waals surface area contributed by atoms with Crippen LogP contribution in [0.4, 0.5) is 11.4 Å². The molecule has 0 aliphatic carbocycles. The monoisotopic (exact) mass is 467 g/mol. The van der Waals surface area contributed by atoms with Crippen LogP contribution < -0.4 is 9.62 Å². The number of hydrogen-bond acceptors (Lipinski definition) is 5. The zero-order valence-electron chi connectivity index (χ0n) is 18.2. The van der Waals surface area contributed by atoms with Gasteiger partial charge in [-0.1, -0.05) is 24.3 Å². The first-order chi connectivity index (χ1) is 15.9. The van der Waals surface area contributed by atoms with E-state index < -0.39 is 16.1 Å². The van der Waals surface area contributed by atoms with Crippen molar-refractivity contribution in [2.45, 2.75) is 30.2 Å². The van der Waals surface area contributed by atoms with Gasteiger partial charge in [-0.05, 0) is 61.7 Å². The van der Waals surface area contributed by atoms with E-state index in [4.69, 9.17) is 4.42 Å². The molecule has 0 spiro atoms. The minimum Gasteiger partial charge on any atom is -0.459 e. The number of amides is 2. The lowest BCUT2D eigenvalue weighted by Crippen LogP contribution is -2.49. The molecule has 3 aromatic rings. The molecule has 1 fully saturated rings. The number of nitrogens with one attached hydrogen (secondary N) is 1. The van der Waals surface area contributed by atoms with Crippen molar-refractivity contribution in [1.29, 1.82) is 0 Å². The lowest BCUT2D eigenvalue weighted by Gasteiger charge is -2.34. The van der Waals surface area contributed by atoms with Crippen LogP contribution in [-0.4, -0.2) is 44.8 Å². The zero-order chi connectivity index (χ0) is 23.4. The van der Waals surface area contributed by atoms with Crippen LogP contribution in [0.15, 0.2) is 82.3 Å². The van der Waals surface area contributed by atoms with Crippen LogP contribution in [0.2, 0.25) is 0 Å². The van der Waals surface area contributed by atoms with Crippen LogP contribution in [0.3, 0.4) is 0 Å². The van der Waals surface area contributed by atoms with Crippen molar-refractivity contribution >= 4 is 33.2 Å². The summed E-state index contributed by atoms with van der Waals surface area (Å²) >= 11 is 0. The summed E-state index contributed by atoms with van der Waals surface area (Å²) in [5.41, 5.74) is 0.875. The molecule has 1 aromatic heterocycles. The molecule has 1 atom stereocenters. The number of rotatable bonds is 6. The summed E-state index contributed by atoms with van der Waals surface area (Å²) in [6.45, 7) is 0.452. The molecule has 172 valence electrons. The van der Waals surface area contributed by atoms with Crippen molar-refractivity contribution in [1.82, 2.24) is 4.90 Å². The van der Waals surface area contributed by atoms with E-state index in [1.807, 2.05) is 6.07 Å². The van der Waals surface area contributed by atoms with E-state index in [2.05, 4.69) is 5.32 Å². The predicted octanol–water partition coefficient (Wildman–Crippen LogP) is 3.74. The Kier molecular flexibility index (Phi) is 6.50. The van der Waals surface area contributed by atoms with E-state index >= 15 is 0 Å². The van der Waals surface area contributed by atoms with E-state index in [0.717, 1.165) is 12.8 Å². The lowest BCUT2D eigenvalue weighted by molar-refractivity contribution is -0.121. The van der Waals surface area contributed by atoms with Crippen molar-refractivity contribution in [3.63, 3.8) is 0 Å². The van der Waals surface area contributed by atoms with Gasteiger partial charge in [0.15, 0.2) is 5.76 Å². The second kappa shape index (κ2) is 9.50. The Balaban J connectivity index is 1.53. The van der Waals surface area contributed by atoms with Crippen LogP contribution >= 0.6 is 0 Å². The Morgan fingerprint density at radius 1 is 1.03 bits per heavy atom. The first-order valence-corrected chi connectivity index (χ1v) is 12.1. The molecule has 8 nitrogen and oxygen atoms in total. The number of piperidine rings is 1. The van der Waals surface area contributed by atoms with Crippen LogP contribution in [-0.2, 0) is 14.8 Å². The molecule has 1 aliphatic rings. The van der Waals surface area contributed by atoms with Gasteiger partial charge >= 0.3 is 0 Å². The molecule has 9 heteroatoms. The van der Waals surface area contributed by atoms with E-state index in [-0.39, 0.29) is 22.5 Å². The van der Waals surface area contributed by atoms with Gasteiger partial charge in [0.2, 0.25) is 5.91 Å². The minimum absolute atomic E-state index is 0.0545. The van der Waals surface area contributed by atoms with Crippen molar-refractivity contribution < 1.29 is 22.4 Å². The first kappa shape index (κ1) is 22.6. The number of likely N-dealkylation sites (tertiary alicyclic amines) is 1. The standard InChI is InChI=1S/C24H25N3O5S/c1-26(19-10-3-2-4-11-19)33(30,31)20-12-7-9-18(17-20)25-23(28)21-13-5-6-15-27(21)24(29)22-14-8-16-32-22/h2-4,7-12,14,16-17,21H,5-6,13,15H2,1H3,(H,25,28). The summed E-state index contributed by atoms with van der Waals surface area (Å²) in [4.78, 5) is 27.4. The van der Waals surface area contributed by atoms with Crippen molar-refractivity contribution in [2.24, 2.45) is 0 Å². The molecule has 0 saturated carbocycles. The predicted molar refractivity (Wildman–Crippen MR) is 124 cm³/mol. The topological polar surface area (TPSA) is 99.9 Å². The second-order valence-electron chi connectivity index (χ2n) is 7.81. The maximum Gasteiger partial charge on any atom is 0.290 e. The molecule has 2 aromatic carbocycles. The summed E-state index contributed by atoms with van der Waals surface area (Å²) < 4.78 is 32.6. The summed E-state index contributed by atoms with van der Waals surface area (Å²) in [6.07, 6.45) is 3.56.